The number of carbonyl (C=O) groups is 1. The van der Waals surface area contributed by atoms with Crippen molar-refractivity contribution < 1.29 is 19.7 Å². The molecule has 2 rings (SSSR count). The van der Waals surface area contributed by atoms with Crippen molar-refractivity contribution in [2.75, 3.05) is 6.61 Å². The van der Waals surface area contributed by atoms with E-state index in [9.17, 15) is 15.0 Å². The Bertz CT molecular complexity index is 767. The average molecular weight is 393 g/mol. The van der Waals surface area contributed by atoms with Gasteiger partial charge in [-0.1, -0.05) is 6.07 Å². The number of amides is 1. The second-order valence-electron chi connectivity index (χ2n) is 5.22. The van der Waals surface area contributed by atoms with Crippen LogP contribution in [0.25, 0.3) is 0 Å². The number of benzene rings is 2. The summed E-state index contributed by atoms with van der Waals surface area (Å²) >= 11 is 3.41. The molecule has 0 unspecified atom stereocenters. The average Bonchev–Trinajstić information content (AvgIpc) is 2.49. The van der Waals surface area contributed by atoms with Crippen LogP contribution in [-0.4, -0.2) is 28.9 Å². The summed E-state index contributed by atoms with van der Waals surface area (Å²) in [5.41, 5.74) is 4.89. The molecule has 0 atom stereocenters. The van der Waals surface area contributed by atoms with Crippen molar-refractivity contribution in [2.45, 2.75) is 13.8 Å². The van der Waals surface area contributed by atoms with E-state index in [4.69, 9.17) is 4.74 Å². The van der Waals surface area contributed by atoms with Crippen molar-refractivity contribution in [3.8, 4) is 17.2 Å². The van der Waals surface area contributed by atoms with Crippen molar-refractivity contribution in [1.29, 1.82) is 0 Å². The zero-order chi connectivity index (χ0) is 17.7. The number of nitrogens with one attached hydrogen (secondary N) is 1. The van der Waals surface area contributed by atoms with Crippen LogP contribution in [0, 0.1) is 13.8 Å². The number of hydrogen-bond donors (Lipinski definition) is 3. The van der Waals surface area contributed by atoms with Gasteiger partial charge in [0, 0.05) is 0 Å². The molecule has 0 spiro atoms. The van der Waals surface area contributed by atoms with Crippen LogP contribution in [0.4, 0.5) is 0 Å². The van der Waals surface area contributed by atoms with Crippen molar-refractivity contribution in [3.63, 3.8) is 0 Å². The number of aryl methyl sites for hydroxylation is 2. The third-order valence-corrected chi connectivity index (χ3v) is 3.71. The van der Waals surface area contributed by atoms with Crippen LogP contribution >= 0.6 is 15.9 Å². The molecule has 0 aliphatic carbocycles. The van der Waals surface area contributed by atoms with E-state index in [1.165, 1.54) is 18.3 Å². The summed E-state index contributed by atoms with van der Waals surface area (Å²) in [4.78, 5) is 11.8. The first-order valence-corrected chi connectivity index (χ1v) is 7.89. The molecule has 1 amide bonds. The van der Waals surface area contributed by atoms with Crippen molar-refractivity contribution >= 4 is 28.1 Å². The molecule has 7 heteroatoms. The van der Waals surface area contributed by atoms with E-state index in [2.05, 4.69) is 26.5 Å². The van der Waals surface area contributed by atoms with Crippen LogP contribution in [0.3, 0.4) is 0 Å². The fourth-order valence-electron chi connectivity index (χ4n) is 2.05. The van der Waals surface area contributed by atoms with Gasteiger partial charge in [0.25, 0.3) is 5.91 Å². The summed E-state index contributed by atoms with van der Waals surface area (Å²) in [6.07, 6.45) is 1.35. The highest BCUT2D eigenvalue weighted by molar-refractivity contribution is 9.10. The molecule has 0 aromatic heterocycles. The molecule has 0 aliphatic rings. The lowest BCUT2D eigenvalue weighted by molar-refractivity contribution is -0.123. The van der Waals surface area contributed by atoms with E-state index in [0.717, 1.165) is 15.6 Å². The summed E-state index contributed by atoms with van der Waals surface area (Å²) in [6.45, 7) is 3.70. The zero-order valence-corrected chi connectivity index (χ0v) is 14.8. The maximum absolute atomic E-state index is 11.8. The monoisotopic (exact) mass is 392 g/mol. The van der Waals surface area contributed by atoms with Crippen molar-refractivity contribution in [3.05, 3.63) is 51.5 Å². The molecule has 0 heterocycles. The molecule has 0 bridgehead atoms. The van der Waals surface area contributed by atoms with Gasteiger partial charge in [0.2, 0.25) is 0 Å². The van der Waals surface area contributed by atoms with E-state index in [1.807, 2.05) is 26.0 Å². The second kappa shape index (κ2) is 7.83. The van der Waals surface area contributed by atoms with E-state index in [0.29, 0.717) is 11.3 Å². The number of halogens is 1. The number of hydrogen-bond acceptors (Lipinski definition) is 5. The highest BCUT2D eigenvalue weighted by Gasteiger charge is 2.09. The molecule has 0 radical (unpaired) electrons. The Morgan fingerprint density at radius 1 is 1.25 bits per heavy atom. The molecule has 126 valence electrons. The first-order valence-electron chi connectivity index (χ1n) is 7.10. The van der Waals surface area contributed by atoms with Gasteiger partial charge in [-0.3, -0.25) is 4.79 Å². The Hall–Kier alpha value is -2.54. The Morgan fingerprint density at radius 3 is 2.67 bits per heavy atom. The summed E-state index contributed by atoms with van der Waals surface area (Å²) < 4.78 is 6.30. The quantitative estimate of drug-likeness (QED) is 0.414. The third kappa shape index (κ3) is 4.73. The van der Waals surface area contributed by atoms with Crippen LogP contribution in [0.5, 0.6) is 17.2 Å². The summed E-state index contributed by atoms with van der Waals surface area (Å²) in [7, 11) is 0. The Kier molecular flexibility index (Phi) is 5.81. The van der Waals surface area contributed by atoms with Crippen LogP contribution in [0.2, 0.25) is 0 Å². The van der Waals surface area contributed by atoms with Crippen LogP contribution < -0.4 is 10.2 Å². The number of nitrogens with zero attached hydrogens (tertiary/aromatic N) is 1. The van der Waals surface area contributed by atoms with Gasteiger partial charge in [0.15, 0.2) is 18.1 Å². The summed E-state index contributed by atoms with van der Waals surface area (Å²) in [5, 5.41) is 22.4. The summed E-state index contributed by atoms with van der Waals surface area (Å²) in [5.74, 6) is -0.277. The molecule has 6 nitrogen and oxygen atoms in total. The highest BCUT2D eigenvalue weighted by Crippen LogP contribution is 2.30. The molecule has 3 N–H and O–H groups in total. The second-order valence-corrected chi connectivity index (χ2v) is 6.08. The number of ether oxygens (including phenoxy) is 1. The van der Waals surface area contributed by atoms with Crippen molar-refractivity contribution in [2.24, 2.45) is 5.10 Å². The van der Waals surface area contributed by atoms with Gasteiger partial charge in [-0.05, 0) is 70.7 Å². The van der Waals surface area contributed by atoms with Gasteiger partial charge in [0.1, 0.15) is 5.75 Å². The molecule has 0 saturated heterocycles. The number of phenols is 2. The highest BCUT2D eigenvalue weighted by atomic mass is 79.9. The van der Waals surface area contributed by atoms with E-state index in [1.54, 1.807) is 6.07 Å². The first kappa shape index (κ1) is 17.8. The topological polar surface area (TPSA) is 91.2 Å². The SMILES string of the molecule is Cc1cc(C)c(OCC(=O)N/N=C\c2ccc(O)c(O)c2)c(Br)c1. The number of rotatable bonds is 5. The molecule has 0 saturated carbocycles. The lowest BCUT2D eigenvalue weighted by Crippen LogP contribution is -2.24. The minimum atomic E-state index is -0.416. The summed E-state index contributed by atoms with van der Waals surface area (Å²) in [6, 6.07) is 8.09. The Balaban J connectivity index is 1.90. The lowest BCUT2D eigenvalue weighted by atomic mass is 10.1. The van der Waals surface area contributed by atoms with Gasteiger partial charge in [-0.2, -0.15) is 5.10 Å². The molecule has 2 aromatic rings. The maximum atomic E-state index is 11.8. The fraction of sp³-hybridized carbons (Fsp3) is 0.176. The lowest BCUT2D eigenvalue weighted by Gasteiger charge is -2.11. The van der Waals surface area contributed by atoms with Gasteiger partial charge in [-0.25, -0.2) is 5.43 Å². The third-order valence-electron chi connectivity index (χ3n) is 3.12. The van der Waals surface area contributed by atoms with E-state index < -0.39 is 5.91 Å². The fourth-order valence-corrected chi connectivity index (χ4v) is 2.84. The minimum absolute atomic E-state index is 0.180. The predicted molar refractivity (Wildman–Crippen MR) is 94.6 cm³/mol. The van der Waals surface area contributed by atoms with Crippen molar-refractivity contribution in [1.82, 2.24) is 5.43 Å². The molecule has 0 fully saturated rings. The Labute approximate surface area is 147 Å². The number of aromatic hydroxyl groups is 2. The van der Waals surface area contributed by atoms with Gasteiger partial charge < -0.3 is 14.9 Å². The minimum Gasteiger partial charge on any atom is -0.504 e. The number of hydrazone groups is 1. The van der Waals surface area contributed by atoms with Crippen LogP contribution in [0.1, 0.15) is 16.7 Å². The number of carbonyl (C=O) groups excluding carboxylic acids is 1. The smallest absolute Gasteiger partial charge is 0.277 e. The van der Waals surface area contributed by atoms with E-state index in [-0.39, 0.29) is 18.1 Å². The predicted octanol–water partition coefficient (Wildman–Crippen LogP) is 3.01. The Morgan fingerprint density at radius 2 is 2.00 bits per heavy atom. The van der Waals surface area contributed by atoms with Gasteiger partial charge >= 0.3 is 0 Å². The molecular weight excluding hydrogens is 376 g/mol. The molecule has 0 aliphatic heterocycles. The molecular formula is C17H17BrN2O4. The number of phenolic OH excluding ortho intramolecular Hbond substituents is 2. The van der Waals surface area contributed by atoms with Gasteiger partial charge in [-0.15, -0.1) is 0 Å². The molecule has 2 aromatic carbocycles. The normalized spacial score (nSPS) is 10.8. The van der Waals surface area contributed by atoms with Crippen LogP contribution in [0.15, 0.2) is 39.9 Å². The molecule has 24 heavy (non-hydrogen) atoms. The first-order chi connectivity index (χ1) is 11.4. The maximum Gasteiger partial charge on any atom is 0.277 e. The van der Waals surface area contributed by atoms with E-state index >= 15 is 0 Å². The standard InChI is InChI=1S/C17H17BrN2O4/c1-10-5-11(2)17(13(18)6-10)24-9-16(23)20-19-8-12-3-4-14(21)15(22)7-12/h3-8,21-22H,9H2,1-2H3,(H,20,23)/b19-8-. The zero-order valence-electron chi connectivity index (χ0n) is 13.2. The van der Waals surface area contributed by atoms with Gasteiger partial charge in [0.05, 0.1) is 10.7 Å². The van der Waals surface area contributed by atoms with Crippen LogP contribution in [-0.2, 0) is 4.79 Å². The largest absolute Gasteiger partial charge is 0.504 e.